The van der Waals surface area contributed by atoms with E-state index in [2.05, 4.69) is 50.0 Å². The van der Waals surface area contributed by atoms with Crippen molar-refractivity contribution in [2.24, 2.45) is 0 Å². The summed E-state index contributed by atoms with van der Waals surface area (Å²) in [5.74, 6) is -0.0673. The smallest absolute Gasteiger partial charge is 0.274 e. The SMILES string of the molecule is Cc1ccc(CN(C)C(=O)c2cc(C(C)(C)C)[nH]n2)cc1. The third-order valence-corrected chi connectivity index (χ3v) is 3.49. The number of aromatic nitrogens is 2. The molecule has 2 rings (SSSR count). The Hall–Kier alpha value is -2.10. The zero-order valence-electron chi connectivity index (χ0n) is 13.4. The lowest BCUT2D eigenvalue weighted by Gasteiger charge is -2.16. The fourth-order valence-corrected chi connectivity index (χ4v) is 2.05. The van der Waals surface area contributed by atoms with Crippen LogP contribution >= 0.6 is 0 Å². The molecule has 0 radical (unpaired) electrons. The summed E-state index contributed by atoms with van der Waals surface area (Å²) < 4.78 is 0. The number of H-pyrrole nitrogens is 1. The highest BCUT2D eigenvalue weighted by molar-refractivity contribution is 5.92. The lowest BCUT2D eigenvalue weighted by atomic mass is 9.92. The molecule has 0 spiro atoms. The molecule has 0 atom stereocenters. The predicted molar refractivity (Wildman–Crippen MR) is 84.3 cm³/mol. The molecule has 0 aliphatic heterocycles. The van der Waals surface area contributed by atoms with Crippen molar-refractivity contribution in [1.82, 2.24) is 15.1 Å². The molecule has 0 aliphatic carbocycles. The molecule has 0 saturated carbocycles. The molecule has 1 aromatic heterocycles. The second-order valence-corrected chi connectivity index (χ2v) is 6.56. The number of benzene rings is 1. The largest absolute Gasteiger partial charge is 0.336 e. The Labute approximate surface area is 126 Å². The summed E-state index contributed by atoms with van der Waals surface area (Å²) >= 11 is 0. The van der Waals surface area contributed by atoms with E-state index in [1.807, 2.05) is 18.2 Å². The van der Waals surface area contributed by atoms with Crippen molar-refractivity contribution >= 4 is 5.91 Å². The molecule has 1 aromatic carbocycles. The summed E-state index contributed by atoms with van der Waals surface area (Å²) in [6.45, 7) is 8.90. The molecule has 0 fully saturated rings. The Morgan fingerprint density at radius 3 is 2.38 bits per heavy atom. The van der Waals surface area contributed by atoms with Crippen molar-refractivity contribution < 1.29 is 4.79 Å². The van der Waals surface area contributed by atoms with Crippen LogP contribution in [-0.2, 0) is 12.0 Å². The van der Waals surface area contributed by atoms with Crippen LogP contribution < -0.4 is 0 Å². The highest BCUT2D eigenvalue weighted by Gasteiger charge is 2.21. The highest BCUT2D eigenvalue weighted by Crippen LogP contribution is 2.20. The van der Waals surface area contributed by atoms with E-state index >= 15 is 0 Å². The topological polar surface area (TPSA) is 49.0 Å². The number of amides is 1. The van der Waals surface area contributed by atoms with Gasteiger partial charge in [-0.25, -0.2) is 0 Å². The summed E-state index contributed by atoms with van der Waals surface area (Å²) in [7, 11) is 1.80. The lowest BCUT2D eigenvalue weighted by Crippen LogP contribution is -2.26. The van der Waals surface area contributed by atoms with Crippen LogP contribution in [0.15, 0.2) is 30.3 Å². The first kappa shape index (κ1) is 15.3. The summed E-state index contributed by atoms with van der Waals surface area (Å²) in [6.07, 6.45) is 0. The third kappa shape index (κ3) is 3.72. The monoisotopic (exact) mass is 285 g/mol. The molecule has 4 nitrogen and oxygen atoms in total. The summed E-state index contributed by atoms with van der Waals surface area (Å²) in [5, 5.41) is 7.10. The molecule has 0 saturated heterocycles. The minimum absolute atomic E-state index is 0.0406. The van der Waals surface area contributed by atoms with Crippen LogP contribution in [0.25, 0.3) is 0 Å². The highest BCUT2D eigenvalue weighted by atomic mass is 16.2. The lowest BCUT2D eigenvalue weighted by molar-refractivity contribution is 0.0779. The van der Waals surface area contributed by atoms with Gasteiger partial charge < -0.3 is 4.90 Å². The van der Waals surface area contributed by atoms with E-state index in [-0.39, 0.29) is 11.3 Å². The Morgan fingerprint density at radius 2 is 1.86 bits per heavy atom. The van der Waals surface area contributed by atoms with Crippen molar-refractivity contribution in [3.8, 4) is 0 Å². The van der Waals surface area contributed by atoms with Crippen molar-refractivity contribution in [3.05, 3.63) is 52.8 Å². The first-order chi connectivity index (χ1) is 9.77. The van der Waals surface area contributed by atoms with E-state index in [4.69, 9.17) is 0 Å². The number of nitrogens with zero attached hydrogens (tertiary/aromatic N) is 2. The van der Waals surface area contributed by atoms with Gasteiger partial charge in [-0.3, -0.25) is 9.89 Å². The summed E-state index contributed by atoms with van der Waals surface area (Å²) in [5.41, 5.74) is 3.73. The van der Waals surface area contributed by atoms with Gasteiger partial charge in [-0.15, -0.1) is 0 Å². The zero-order chi connectivity index (χ0) is 15.6. The van der Waals surface area contributed by atoms with Gasteiger partial charge in [-0.2, -0.15) is 5.10 Å². The average Bonchev–Trinajstić information content (AvgIpc) is 2.90. The standard InChI is InChI=1S/C17H23N3O/c1-12-6-8-13(9-7-12)11-20(5)16(21)14-10-15(19-18-14)17(2,3)4/h6-10H,11H2,1-5H3,(H,18,19). The average molecular weight is 285 g/mol. The number of rotatable bonds is 3. The molecule has 1 heterocycles. The van der Waals surface area contributed by atoms with Gasteiger partial charge in [0.25, 0.3) is 5.91 Å². The molecular weight excluding hydrogens is 262 g/mol. The maximum atomic E-state index is 12.4. The van der Waals surface area contributed by atoms with Gasteiger partial charge in [-0.05, 0) is 18.6 Å². The number of aromatic amines is 1. The van der Waals surface area contributed by atoms with Crippen LogP contribution in [0.4, 0.5) is 0 Å². The maximum absolute atomic E-state index is 12.4. The molecule has 21 heavy (non-hydrogen) atoms. The fourth-order valence-electron chi connectivity index (χ4n) is 2.05. The van der Waals surface area contributed by atoms with Crippen molar-refractivity contribution in [2.75, 3.05) is 7.05 Å². The number of carbonyl (C=O) groups is 1. The summed E-state index contributed by atoms with van der Waals surface area (Å²) in [6, 6.07) is 10.0. The Kier molecular flexibility index (Phi) is 4.16. The minimum atomic E-state index is -0.0673. The van der Waals surface area contributed by atoms with E-state index in [0.717, 1.165) is 11.3 Å². The third-order valence-electron chi connectivity index (χ3n) is 3.49. The Balaban J connectivity index is 2.08. The molecule has 0 unspecified atom stereocenters. The number of hydrogen-bond acceptors (Lipinski definition) is 2. The van der Waals surface area contributed by atoms with Gasteiger partial charge in [0.1, 0.15) is 5.69 Å². The van der Waals surface area contributed by atoms with Crippen molar-refractivity contribution in [1.29, 1.82) is 0 Å². The molecule has 0 aliphatic rings. The quantitative estimate of drug-likeness (QED) is 0.940. The zero-order valence-corrected chi connectivity index (χ0v) is 13.4. The Bertz CT molecular complexity index is 620. The molecular formula is C17H23N3O. The van der Waals surface area contributed by atoms with Crippen LogP contribution in [0.2, 0.25) is 0 Å². The van der Waals surface area contributed by atoms with Gasteiger partial charge in [0, 0.05) is 24.7 Å². The van der Waals surface area contributed by atoms with Crippen molar-refractivity contribution in [2.45, 2.75) is 39.7 Å². The first-order valence-corrected chi connectivity index (χ1v) is 7.14. The van der Waals surface area contributed by atoms with E-state index in [1.165, 1.54) is 5.56 Å². The molecule has 1 N–H and O–H groups in total. The maximum Gasteiger partial charge on any atom is 0.274 e. The fraction of sp³-hybridized carbons (Fsp3) is 0.412. The van der Waals surface area contributed by atoms with Gasteiger partial charge >= 0.3 is 0 Å². The van der Waals surface area contributed by atoms with Crippen molar-refractivity contribution in [3.63, 3.8) is 0 Å². The van der Waals surface area contributed by atoms with Crippen LogP contribution in [-0.4, -0.2) is 28.1 Å². The van der Waals surface area contributed by atoms with Crippen LogP contribution in [0.5, 0.6) is 0 Å². The molecule has 0 bridgehead atoms. The van der Waals surface area contributed by atoms with E-state index in [9.17, 15) is 4.79 Å². The number of nitrogens with one attached hydrogen (secondary N) is 1. The molecule has 4 heteroatoms. The van der Waals surface area contributed by atoms with Crippen LogP contribution in [0.1, 0.15) is 48.1 Å². The second kappa shape index (κ2) is 5.72. The number of carbonyl (C=O) groups excluding carboxylic acids is 1. The Morgan fingerprint density at radius 1 is 1.24 bits per heavy atom. The second-order valence-electron chi connectivity index (χ2n) is 6.56. The number of aryl methyl sites for hydroxylation is 1. The predicted octanol–water partition coefficient (Wildman–Crippen LogP) is 3.29. The van der Waals surface area contributed by atoms with E-state index in [1.54, 1.807) is 11.9 Å². The van der Waals surface area contributed by atoms with E-state index < -0.39 is 0 Å². The molecule has 1 amide bonds. The first-order valence-electron chi connectivity index (χ1n) is 7.14. The van der Waals surface area contributed by atoms with Gasteiger partial charge in [0.05, 0.1) is 0 Å². The van der Waals surface area contributed by atoms with E-state index in [0.29, 0.717) is 12.2 Å². The van der Waals surface area contributed by atoms with Gasteiger partial charge in [-0.1, -0.05) is 50.6 Å². The molecule has 2 aromatic rings. The number of hydrogen-bond donors (Lipinski definition) is 1. The summed E-state index contributed by atoms with van der Waals surface area (Å²) in [4.78, 5) is 14.1. The van der Waals surface area contributed by atoms with Gasteiger partial charge in [0.15, 0.2) is 0 Å². The minimum Gasteiger partial charge on any atom is -0.336 e. The van der Waals surface area contributed by atoms with Gasteiger partial charge in [0.2, 0.25) is 0 Å². The normalized spacial score (nSPS) is 11.5. The molecule has 112 valence electrons. The van der Waals surface area contributed by atoms with Crippen LogP contribution in [0, 0.1) is 6.92 Å². The van der Waals surface area contributed by atoms with Crippen LogP contribution in [0.3, 0.4) is 0 Å².